The molecule has 0 aliphatic heterocycles. The lowest BCUT2D eigenvalue weighted by Crippen LogP contribution is -2.36. The molecular weight excluding hydrogens is 260 g/mol. The molecule has 0 amide bonds. The second-order valence-electron chi connectivity index (χ2n) is 7.13. The van der Waals surface area contributed by atoms with Gasteiger partial charge >= 0.3 is 0 Å². The fourth-order valence-corrected chi connectivity index (χ4v) is 1.99. The highest BCUT2D eigenvalue weighted by Crippen LogP contribution is 2.20. The summed E-state index contributed by atoms with van der Waals surface area (Å²) in [6.07, 6.45) is 1.94. The molecule has 0 radical (unpaired) electrons. The van der Waals surface area contributed by atoms with Gasteiger partial charge in [0.25, 0.3) is 0 Å². The van der Waals surface area contributed by atoms with Crippen molar-refractivity contribution in [3.63, 3.8) is 0 Å². The lowest BCUT2D eigenvalue weighted by atomic mass is 10.1. The molecule has 1 N–H and O–H groups in total. The smallest absolute Gasteiger partial charge is 0.131 e. The number of likely N-dealkylation sites (N-methyl/N-ethyl adjacent to an activating group) is 1. The Morgan fingerprint density at radius 2 is 2.00 bits per heavy atom. The summed E-state index contributed by atoms with van der Waals surface area (Å²) in [6.45, 7) is 18.3. The Balaban J connectivity index is 3.07. The van der Waals surface area contributed by atoms with Crippen molar-refractivity contribution >= 4 is 5.69 Å². The van der Waals surface area contributed by atoms with Crippen molar-refractivity contribution < 1.29 is 0 Å². The van der Waals surface area contributed by atoms with Gasteiger partial charge in [0.15, 0.2) is 0 Å². The van der Waals surface area contributed by atoms with Crippen LogP contribution in [0, 0.1) is 0 Å². The van der Waals surface area contributed by atoms with Gasteiger partial charge in [-0.1, -0.05) is 26.0 Å². The fraction of sp³-hybridized carbons (Fsp3) is 0.647. The van der Waals surface area contributed by atoms with Crippen LogP contribution in [0.5, 0.6) is 0 Å². The largest absolute Gasteiger partial charge is 0.368 e. The molecule has 1 aromatic heterocycles. The zero-order valence-corrected chi connectivity index (χ0v) is 14.6. The summed E-state index contributed by atoms with van der Waals surface area (Å²) in [6, 6.07) is 0. The number of anilines is 1. The van der Waals surface area contributed by atoms with Crippen molar-refractivity contribution in [1.29, 1.82) is 0 Å². The highest BCUT2D eigenvalue weighted by atomic mass is 15.1. The molecule has 0 aromatic carbocycles. The predicted octanol–water partition coefficient (Wildman–Crippen LogP) is 3.50. The van der Waals surface area contributed by atoms with Gasteiger partial charge in [-0.25, -0.2) is 9.97 Å². The van der Waals surface area contributed by atoms with Gasteiger partial charge in [-0.15, -0.1) is 0 Å². The van der Waals surface area contributed by atoms with E-state index < -0.39 is 0 Å². The molecule has 0 aliphatic rings. The first kappa shape index (κ1) is 17.6. The van der Waals surface area contributed by atoms with Crippen molar-refractivity contribution in [2.45, 2.75) is 59.5 Å². The van der Waals surface area contributed by atoms with Crippen LogP contribution in [-0.2, 0) is 6.54 Å². The molecular formula is C17H30N4. The second-order valence-corrected chi connectivity index (χ2v) is 7.13. The summed E-state index contributed by atoms with van der Waals surface area (Å²) < 4.78 is 0. The van der Waals surface area contributed by atoms with Crippen LogP contribution in [0.4, 0.5) is 5.69 Å². The third-order valence-corrected chi connectivity index (χ3v) is 3.09. The van der Waals surface area contributed by atoms with Crippen molar-refractivity contribution in [2.75, 3.05) is 18.5 Å². The number of nitrogens with one attached hydrogen (secondary N) is 1. The highest BCUT2D eigenvalue weighted by molar-refractivity contribution is 5.49. The fourth-order valence-electron chi connectivity index (χ4n) is 1.99. The highest BCUT2D eigenvalue weighted by Gasteiger charge is 2.16. The Kier molecular flexibility index (Phi) is 5.90. The van der Waals surface area contributed by atoms with Gasteiger partial charge in [-0.2, -0.15) is 0 Å². The Morgan fingerprint density at radius 3 is 2.48 bits per heavy atom. The first-order chi connectivity index (χ1) is 9.60. The number of hydrogen-bond acceptors (Lipinski definition) is 4. The first-order valence-corrected chi connectivity index (χ1v) is 7.56. The number of hydrogen-bond donors (Lipinski definition) is 1. The van der Waals surface area contributed by atoms with Gasteiger partial charge in [0, 0.05) is 31.6 Å². The van der Waals surface area contributed by atoms with Crippen LogP contribution >= 0.6 is 0 Å². The van der Waals surface area contributed by atoms with E-state index in [4.69, 9.17) is 4.98 Å². The molecule has 0 bridgehead atoms. The monoisotopic (exact) mass is 290 g/mol. The zero-order chi connectivity index (χ0) is 16.2. The maximum atomic E-state index is 4.76. The second kappa shape index (κ2) is 7.03. The van der Waals surface area contributed by atoms with Crippen molar-refractivity contribution in [3.8, 4) is 0 Å². The minimum Gasteiger partial charge on any atom is -0.368 e. The maximum absolute atomic E-state index is 4.76. The molecule has 0 unspecified atom stereocenters. The van der Waals surface area contributed by atoms with Crippen molar-refractivity contribution in [3.05, 3.63) is 29.9 Å². The van der Waals surface area contributed by atoms with Crippen molar-refractivity contribution in [1.82, 2.24) is 15.3 Å². The third kappa shape index (κ3) is 5.84. The average molecular weight is 290 g/mol. The van der Waals surface area contributed by atoms with E-state index in [9.17, 15) is 0 Å². The third-order valence-electron chi connectivity index (χ3n) is 3.09. The topological polar surface area (TPSA) is 41.1 Å². The molecule has 0 aliphatic carbocycles. The Bertz CT molecular complexity index is 486. The summed E-state index contributed by atoms with van der Waals surface area (Å²) in [5, 5.41) is 3.51. The molecule has 0 saturated heterocycles. The van der Waals surface area contributed by atoms with E-state index in [0.29, 0.717) is 5.92 Å². The van der Waals surface area contributed by atoms with E-state index in [-0.39, 0.29) is 5.54 Å². The van der Waals surface area contributed by atoms with E-state index >= 15 is 0 Å². The van der Waals surface area contributed by atoms with E-state index in [0.717, 1.165) is 35.9 Å². The quantitative estimate of drug-likeness (QED) is 0.814. The van der Waals surface area contributed by atoms with Crippen LogP contribution < -0.4 is 10.2 Å². The van der Waals surface area contributed by atoms with E-state index in [1.165, 1.54) is 0 Å². The molecule has 4 heteroatoms. The molecule has 0 atom stereocenters. The molecule has 21 heavy (non-hydrogen) atoms. The van der Waals surface area contributed by atoms with E-state index in [1.807, 2.05) is 13.1 Å². The summed E-state index contributed by atoms with van der Waals surface area (Å²) in [4.78, 5) is 11.4. The zero-order valence-electron chi connectivity index (χ0n) is 14.6. The van der Waals surface area contributed by atoms with Crippen LogP contribution in [0.25, 0.3) is 0 Å². The lowest BCUT2D eigenvalue weighted by molar-refractivity contribution is 0.420. The molecule has 4 nitrogen and oxygen atoms in total. The molecule has 0 spiro atoms. The molecule has 0 saturated carbocycles. The standard InChI is InChI=1S/C17H30N4/c1-12(2)11-21(8)15-10-18-16(13(3)4)20-14(15)9-19-17(5,6)7/h10,13,19H,1,9,11H2,2-8H3. The van der Waals surface area contributed by atoms with Gasteiger partial charge in [-0.3, -0.25) is 0 Å². The SMILES string of the molecule is C=C(C)CN(C)c1cnc(C(C)C)nc1CNC(C)(C)C. The normalized spacial score (nSPS) is 11.8. The molecule has 1 rings (SSSR count). The Morgan fingerprint density at radius 1 is 1.38 bits per heavy atom. The molecule has 1 aromatic rings. The van der Waals surface area contributed by atoms with Gasteiger partial charge in [0.2, 0.25) is 0 Å². The minimum atomic E-state index is 0.0626. The summed E-state index contributed by atoms with van der Waals surface area (Å²) in [5.74, 6) is 1.23. The Hall–Kier alpha value is -1.42. The van der Waals surface area contributed by atoms with Gasteiger partial charge in [0.05, 0.1) is 17.6 Å². The van der Waals surface area contributed by atoms with Crippen LogP contribution in [0.15, 0.2) is 18.3 Å². The van der Waals surface area contributed by atoms with Gasteiger partial charge < -0.3 is 10.2 Å². The van der Waals surface area contributed by atoms with E-state index in [1.54, 1.807) is 0 Å². The van der Waals surface area contributed by atoms with Crippen molar-refractivity contribution in [2.24, 2.45) is 0 Å². The van der Waals surface area contributed by atoms with Gasteiger partial charge in [0.1, 0.15) is 5.82 Å². The van der Waals surface area contributed by atoms with Crippen LogP contribution in [0.3, 0.4) is 0 Å². The molecule has 1 heterocycles. The van der Waals surface area contributed by atoms with Crippen LogP contribution in [-0.4, -0.2) is 29.1 Å². The predicted molar refractivity (Wildman–Crippen MR) is 90.8 cm³/mol. The molecule has 0 fully saturated rings. The minimum absolute atomic E-state index is 0.0626. The lowest BCUT2D eigenvalue weighted by Gasteiger charge is -2.25. The van der Waals surface area contributed by atoms with Crippen LogP contribution in [0.2, 0.25) is 0 Å². The summed E-state index contributed by atoms with van der Waals surface area (Å²) >= 11 is 0. The number of rotatable bonds is 6. The summed E-state index contributed by atoms with van der Waals surface area (Å²) in [5.41, 5.74) is 3.30. The maximum Gasteiger partial charge on any atom is 0.131 e. The number of aromatic nitrogens is 2. The molecule has 118 valence electrons. The summed E-state index contributed by atoms with van der Waals surface area (Å²) in [7, 11) is 2.06. The van der Waals surface area contributed by atoms with Crippen LogP contribution in [0.1, 0.15) is 59.0 Å². The van der Waals surface area contributed by atoms with Gasteiger partial charge in [-0.05, 0) is 27.7 Å². The average Bonchev–Trinajstić information content (AvgIpc) is 2.34. The van der Waals surface area contributed by atoms with E-state index in [2.05, 4.69) is 63.4 Å². The number of nitrogens with zero attached hydrogens (tertiary/aromatic N) is 3. The Labute approximate surface area is 129 Å². The first-order valence-electron chi connectivity index (χ1n) is 7.56.